The quantitative estimate of drug-likeness (QED) is 0.750. The van der Waals surface area contributed by atoms with Gasteiger partial charge in [0.2, 0.25) is 0 Å². The maximum absolute atomic E-state index is 11.9. The van der Waals surface area contributed by atoms with E-state index in [2.05, 4.69) is 0 Å². The second-order valence-corrected chi connectivity index (χ2v) is 4.78. The van der Waals surface area contributed by atoms with Crippen LogP contribution in [0.2, 0.25) is 0 Å². The summed E-state index contributed by atoms with van der Waals surface area (Å²) in [5.74, 6) is 1.03. The summed E-state index contributed by atoms with van der Waals surface area (Å²) in [4.78, 5) is 22.4. The molecule has 18 heavy (non-hydrogen) atoms. The van der Waals surface area contributed by atoms with Crippen molar-refractivity contribution < 1.29 is 14.3 Å². The number of Topliss-reactive ketones (excluding diaryl/α,β-unsaturated/α-hetero) is 1. The molecule has 0 unspecified atom stereocenters. The minimum Gasteiger partial charge on any atom is -0.486 e. The molecule has 0 aromatic heterocycles. The highest BCUT2D eigenvalue weighted by atomic mass is 16.5. The Morgan fingerprint density at radius 3 is 2.44 bits per heavy atom. The van der Waals surface area contributed by atoms with Gasteiger partial charge in [0.05, 0.1) is 0 Å². The molecule has 0 amide bonds. The zero-order valence-electron chi connectivity index (χ0n) is 10.4. The molecule has 1 fully saturated rings. The second-order valence-electron chi connectivity index (χ2n) is 4.78. The molecule has 0 spiro atoms. The summed E-state index contributed by atoms with van der Waals surface area (Å²) in [5, 5.41) is 0. The van der Waals surface area contributed by atoms with Crippen LogP contribution in [0.15, 0.2) is 24.3 Å². The highest BCUT2D eigenvalue weighted by Gasteiger charge is 2.21. The van der Waals surface area contributed by atoms with Crippen LogP contribution in [0.3, 0.4) is 0 Å². The molecule has 1 aromatic carbocycles. The van der Waals surface area contributed by atoms with Gasteiger partial charge in [0, 0.05) is 11.5 Å². The van der Waals surface area contributed by atoms with Crippen LogP contribution in [-0.4, -0.2) is 18.7 Å². The van der Waals surface area contributed by atoms with E-state index in [9.17, 15) is 9.59 Å². The van der Waals surface area contributed by atoms with Crippen LogP contribution in [0.25, 0.3) is 0 Å². The van der Waals surface area contributed by atoms with E-state index < -0.39 is 0 Å². The van der Waals surface area contributed by atoms with Gasteiger partial charge in [0.1, 0.15) is 18.6 Å². The van der Waals surface area contributed by atoms with Crippen molar-refractivity contribution in [1.82, 2.24) is 0 Å². The average Bonchev–Trinajstić information content (AvgIpc) is 2.46. The van der Waals surface area contributed by atoms with E-state index in [1.165, 1.54) is 6.42 Å². The van der Waals surface area contributed by atoms with Gasteiger partial charge in [-0.1, -0.05) is 19.3 Å². The molecule has 1 aliphatic carbocycles. The lowest BCUT2D eigenvalue weighted by Gasteiger charge is -2.20. The predicted molar refractivity (Wildman–Crippen MR) is 68.9 cm³/mol. The van der Waals surface area contributed by atoms with Crippen LogP contribution in [0, 0.1) is 5.92 Å². The molecule has 0 saturated heterocycles. The first-order valence-electron chi connectivity index (χ1n) is 6.50. The van der Waals surface area contributed by atoms with Gasteiger partial charge in [-0.15, -0.1) is 0 Å². The van der Waals surface area contributed by atoms with Gasteiger partial charge in [-0.2, -0.15) is 0 Å². The fourth-order valence-corrected chi connectivity index (χ4v) is 2.34. The fraction of sp³-hybridized carbons (Fsp3) is 0.467. The Morgan fingerprint density at radius 1 is 1.17 bits per heavy atom. The number of carbonyl (C=O) groups excluding carboxylic acids is 2. The first kappa shape index (κ1) is 12.8. The van der Waals surface area contributed by atoms with Gasteiger partial charge in [0.15, 0.2) is 5.78 Å². The number of ether oxygens (including phenoxy) is 1. The zero-order valence-corrected chi connectivity index (χ0v) is 10.4. The molecule has 0 N–H and O–H groups in total. The number of ketones is 1. The molecule has 1 aromatic rings. The zero-order chi connectivity index (χ0) is 12.8. The summed E-state index contributed by atoms with van der Waals surface area (Å²) in [6, 6.07) is 6.82. The van der Waals surface area contributed by atoms with Crippen LogP contribution in [-0.2, 0) is 4.79 Å². The Morgan fingerprint density at radius 2 is 1.83 bits per heavy atom. The van der Waals surface area contributed by atoms with E-state index in [0.717, 1.165) is 32.0 Å². The standard InChI is InChI=1S/C15H18O3/c16-10-12-6-8-14(9-7-12)18-11-15(17)13-4-2-1-3-5-13/h6-10,13H,1-5,11H2. The lowest BCUT2D eigenvalue weighted by atomic mass is 9.86. The van der Waals surface area contributed by atoms with Crippen molar-refractivity contribution in [3.05, 3.63) is 29.8 Å². The van der Waals surface area contributed by atoms with Crippen molar-refractivity contribution in [3.63, 3.8) is 0 Å². The summed E-state index contributed by atoms with van der Waals surface area (Å²) < 4.78 is 5.46. The van der Waals surface area contributed by atoms with Crippen molar-refractivity contribution in [3.8, 4) is 5.75 Å². The highest BCUT2D eigenvalue weighted by Crippen LogP contribution is 2.24. The summed E-state index contributed by atoms with van der Waals surface area (Å²) in [6.07, 6.45) is 6.36. The number of rotatable bonds is 5. The van der Waals surface area contributed by atoms with E-state index in [1.54, 1.807) is 24.3 Å². The summed E-state index contributed by atoms with van der Waals surface area (Å²) in [6.45, 7) is 0.144. The van der Waals surface area contributed by atoms with Crippen LogP contribution < -0.4 is 4.74 Å². The van der Waals surface area contributed by atoms with Crippen LogP contribution in [0.5, 0.6) is 5.75 Å². The van der Waals surface area contributed by atoms with E-state index in [4.69, 9.17) is 4.74 Å². The van der Waals surface area contributed by atoms with Crippen molar-refractivity contribution >= 4 is 12.1 Å². The predicted octanol–water partition coefficient (Wildman–Crippen LogP) is 3.03. The molecule has 1 aliphatic rings. The SMILES string of the molecule is O=Cc1ccc(OCC(=O)C2CCCCC2)cc1. The number of aldehydes is 1. The molecule has 0 heterocycles. The Balaban J connectivity index is 1.82. The normalized spacial score (nSPS) is 16.2. The molecule has 3 nitrogen and oxygen atoms in total. The summed E-state index contributed by atoms with van der Waals surface area (Å²) in [5.41, 5.74) is 0.612. The average molecular weight is 246 g/mol. The van der Waals surface area contributed by atoms with Crippen LogP contribution in [0.1, 0.15) is 42.5 Å². The molecule has 1 saturated carbocycles. The van der Waals surface area contributed by atoms with Gasteiger partial charge in [-0.25, -0.2) is 0 Å². The van der Waals surface area contributed by atoms with Crippen molar-refractivity contribution in [2.75, 3.05) is 6.61 Å². The topological polar surface area (TPSA) is 43.4 Å². The molecular formula is C15H18O3. The van der Waals surface area contributed by atoms with Crippen LogP contribution in [0.4, 0.5) is 0 Å². The maximum Gasteiger partial charge on any atom is 0.173 e. The number of hydrogen-bond donors (Lipinski definition) is 0. The molecular weight excluding hydrogens is 228 g/mol. The van der Waals surface area contributed by atoms with Crippen molar-refractivity contribution in [1.29, 1.82) is 0 Å². The summed E-state index contributed by atoms with van der Waals surface area (Å²) in [7, 11) is 0. The Bertz CT molecular complexity index is 402. The van der Waals surface area contributed by atoms with E-state index in [1.807, 2.05) is 0 Å². The van der Waals surface area contributed by atoms with Gasteiger partial charge < -0.3 is 4.74 Å². The number of hydrogen-bond acceptors (Lipinski definition) is 3. The molecule has 0 aliphatic heterocycles. The number of carbonyl (C=O) groups is 2. The van der Waals surface area contributed by atoms with Gasteiger partial charge in [-0.3, -0.25) is 9.59 Å². The fourth-order valence-electron chi connectivity index (χ4n) is 2.34. The first-order valence-corrected chi connectivity index (χ1v) is 6.50. The van der Waals surface area contributed by atoms with Gasteiger partial charge in [-0.05, 0) is 37.1 Å². The third-order valence-corrected chi connectivity index (χ3v) is 3.46. The van der Waals surface area contributed by atoms with Crippen LogP contribution >= 0.6 is 0 Å². The largest absolute Gasteiger partial charge is 0.486 e. The van der Waals surface area contributed by atoms with Crippen molar-refractivity contribution in [2.45, 2.75) is 32.1 Å². The molecule has 0 radical (unpaired) electrons. The smallest absolute Gasteiger partial charge is 0.173 e. The minimum absolute atomic E-state index is 0.144. The lowest BCUT2D eigenvalue weighted by Crippen LogP contribution is -2.23. The van der Waals surface area contributed by atoms with E-state index >= 15 is 0 Å². The third-order valence-electron chi connectivity index (χ3n) is 3.46. The third kappa shape index (κ3) is 3.42. The van der Waals surface area contributed by atoms with E-state index in [-0.39, 0.29) is 18.3 Å². The first-order chi connectivity index (χ1) is 8.79. The summed E-state index contributed by atoms with van der Waals surface area (Å²) >= 11 is 0. The monoisotopic (exact) mass is 246 g/mol. The van der Waals surface area contributed by atoms with Crippen molar-refractivity contribution in [2.24, 2.45) is 5.92 Å². The maximum atomic E-state index is 11.9. The molecule has 3 heteroatoms. The second kappa shape index (κ2) is 6.34. The number of benzene rings is 1. The Hall–Kier alpha value is -1.64. The molecule has 2 rings (SSSR count). The Kier molecular flexibility index (Phi) is 4.51. The van der Waals surface area contributed by atoms with Gasteiger partial charge >= 0.3 is 0 Å². The minimum atomic E-state index is 0.144. The lowest BCUT2D eigenvalue weighted by molar-refractivity contribution is -0.125. The molecule has 96 valence electrons. The van der Waals surface area contributed by atoms with Gasteiger partial charge in [0.25, 0.3) is 0 Å². The van der Waals surface area contributed by atoms with E-state index in [0.29, 0.717) is 11.3 Å². The molecule has 0 atom stereocenters. The highest BCUT2D eigenvalue weighted by molar-refractivity contribution is 5.82. The molecule has 0 bridgehead atoms. The Labute approximate surface area is 107 Å².